The van der Waals surface area contributed by atoms with Crippen molar-refractivity contribution >= 4 is 16.6 Å². The van der Waals surface area contributed by atoms with Gasteiger partial charge in [-0.25, -0.2) is 4.98 Å². The van der Waals surface area contributed by atoms with Crippen LogP contribution in [-0.4, -0.2) is 14.9 Å². The number of nitro benzene ring substituents is 1. The molecule has 4 rings (SSSR count). The summed E-state index contributed by atoms with van der Waals surface area (Å²) in [6.07, 6.45) is 1.54. The molecule has 0 N–H and O–H groups in total. The van der Waals surface area contributed by atoms with Gasteiger partial charge in [0.15, 0.2) is 0 Å². The Morgan fingerprint density at radius 3 is 2.50 bits per heavy atom. The first-order valence-electron chi connectivity index (χ1n) is 7.71. The molecule has 6 nitrogen and oxygen atoms in total. The molecule has 24 heavy (non-hydrogen) atoms. The molecular formula is C18H14N3O3-. The molecule has 1 aromatic carbocycles. The van der Waals surface area contributed by atoms with E-state index < -0.39 is 4.92 Å². The third-order valence-electron chi connectivity index (χ3n) is 4.51. The summed E-state index contributed by atoms with van der Waals surface area (Å²) in [5.41, 5.74) is 4.73. The van der Waals surface area contributed by atoms with Crippen molar-refractivity contribution < 1.29 is 10.0 Å². The number of hydrogen-bond acceptors (Lipinski definition) is 5. The zero-order valence-electron chi connectivity index (χ0n) is 13.3. The van der Waals surface area contributed by atoms with Crippen LogP contribution in [0.25, 0.3) is 22.3 Å². The average Bonchev–Trinajstić information content (AvgIpc) is 2.56. The Labute approximate surface area is 138 Å². The Hall–Kier alpha value is -3.02. The second-order valence-corrected chi connectivity index (χ2v) is 6.15. The summed E-state index contributed by atoms with van der Waals surface area (Å²) < 4.78 is 0. The van der Waals surface area contributed by atoms with Gasteiger partial charge in [0.2, 0.25) is 0 Å². The number of nitro groups is 1. The second-order valence-electron chi connectivity index (χ2n) is 6.15. The minimum Gasteiger partial charge on any atom is -0.871 e. The van der Waals surface area contributed by atoms with Crippen LogP contribution in [0, 0.1) is 24.0 Å². The summed E-state index contributed by atoms with van der Waals surface area (Å²) in [5.74, 6) is -0.266. The maximum atomic E-state index is 12.5. The standard InChI is InChI=1S/C18H15N3O3/c1-9-7-14(21(23)24)13-8-12-6-5-11-4-3-10(2)19-15(11)16(12)20-17(13)18(9)22/h3-4,7-8,22H,5-6H2,1-2H3/p-1. The van der Waals surface area contributed by atoms with E-state index in [0.29, 0.717) is 16.6 Å². The third kappa shape index (κ3) is 2.03. The predicted molar refractivity (Wildman–Crippen MR) is 88.0 cm³/mol. The minimum atomic E-state index is -0.456. The van der Waals surface area contributed by atoms with Gasteiger partial charge in [0, 0.05) is 11.8 Å². The average molecular weight is 320 g/mol. The molecule has 6 heteroatoms. The molecule has 1 aliphatic carbocycles. The molecule has 0 unspecified atom stereocenters. The van der Waals surface area contributed by atoms with Crippen LogP contribution >= 0.6 is 0 Å². The van der Waals surface area contributed by atoms with E-state index in [1.807, 2.05) is 19.1 Å². The minimum absolute atomic E-state index is 0.0691. The van der Waals surface area contributed by atoms with Gasteiger partial charge in [-0.3, -0.25) is 15.1 Å². The van der Waals surface area contributed by atoms with Crippen LogP contribution in [0.1, 0.15) is 22.4 Å². The van der Waals surface area contributed by atoms with Crippen molar-refractivity contribution in [3.05, 3.63) is 56.8 Å². The second kappa shape index (κ2) is 4.99. The molecule has 0 fully saturated rings. The van der Waals surface area contributed by atoms with Gasteiger partial charge < -0.3 is 5.11 Å². The van der Waals surface area contributed by atoms with Crippen molar-refractivity contribution in [1.29, 1.82) is 0 Å². The maximum absolute atomic E-state index is 12.5. The lowest BCUT2D eigenvalue weighted by Crippen LogP contribution is -2.10. The lowest BCUT2D eigenvalue weighted by atomic mass is 9.91. The molecule has 0 saturated heterocycles. The molecule has 120 valence electrons. The summed E-state index contributed by atoms with van der Waals surface area (Å²) in [5, 5.41) is 24.1. The van der Waals surface area contributed by atoms with Gasteiger partial charge in [0.05, 0.1) is 27.2 Å². The Bertz CT molecular complexity index is 1030. The van der Waals surface area contributed by atoms with E-state index in [1.165, 1.54) is 6.07 Å². The number of fused-ring (bicyclic) bond motifs is 4. The number of benzene rings is 1. The first kappa shape index (κ1) is 14.6. The van der Waals surface area contributed by atoms with Crippen molar-refractivity contribution in [2.24, 2.45) is 0 Å². The van der Waals surface area contributed by atoms with E-state index in [0.717, 1.165) is 35.4 Å². The highest BCUT2D eigenvalue weighted by Crippen LogP contribution is 2.38. The van der Waals surface area contributed by atoms with E-state index in [-0.39, 0.29) is 17.0 Å². The highest BCUT2D eigenvalue weighted by atomic mass is 16.6. The molecule has 2 aromatic heterocycles. The van der Waals surface area contributed by atoms with Crippen molar-refractivity contribution in [1.82, 2.24) is 9.97 Å². The van der Waals surface area contributed by atoms with Gasteiger partial charge >= 0.3 is 0 Å². The highest BCUT2D eigenvalue weighted by Gasteiger charge is 2.23. The van der Waals surface area contributed by atoms with Crippen LogP contribution in [0.3, 0.4) is 0 Å². The van der Waals surface area contributed by atoms with Crippen molar-refractivity contribution in [3.8, 4) is 17.1 Å². The molecule has 1 aliphatic rings. The molecular weight excluding hydrogens is 306 g/mol. The first-order valence-corrected chi connectivity index (χ1v) is 7.71. The molecule has 2 heterocycles. The lowest BCUT2D eigenvalue weighted by Gasteiger charge is -2.21. The Morgan fingerprint density at radius 2 is 1.75 bits per heavy atom. The van der Waals surface area contributed by atoms with Crippen LogP contribution in [0.4, 0.5) is 5.69 Å². The zero-order chi connectivity index (χ0) is 17.0. The molecule has 0 atom stereocenters. The summed E-state index contributed by atoms with van der Waals surface area (Å²) >= 11 is 0. The van der Waals surface area contributed by atoms with Crippen LogP contribution in [0.5, 0.6) is 5.75 Å². The van der Waals surface area contributed by atoms with Crippen LogP contribution in [-0.2, 0) is 12.8 Å². The van der Waals surface area contributed by atoms with Gasteiger partial charge in [0.25, 0.3) is 5.69 Å². The summed E-state index contributed by atoms with van der Waals surface area (Å²) in [6, 6.07) is 7.06. The number of rotatable bonds is 1. The normalized spacial score (nSPS) is 12.8. The lowest BCUT2D eigenvalue weighted by molar-refractivity contribution is -0.383. The van der Waals surface area contributed by atoms with Gasteiger partial charge in [0.1, 0.15) is 0 Å². The Balaban J connectivity index is 2.10. The summed E-state index contributed by atoms with van der Waals surface area (Å²) in [7, 11) is 0. The molecule has 0 aliphatic heterocycles. The molecule has 0 bridgehead atoms. The maximum Gasteiger partial charge on any atom is 0.278 e. The Morgan fingerprint density at radius 1 is 1.04 bits per heavy atom. The number of hydrogen-bond donors (Lipinski definition) is 0. The fraction of sp³-hybridized carbons (Fsp3) is 0.222. The number of aryl methyl sites for hydroxylation is 4. The smallest absolute Gasteiger partial charge is 0.278 e. The molecule has 0 amide bonds. The Kier molecular flexibility index (Phi) is 3.03. The molecule has 0 spiro atoms. The SMILES string of the molecule is Cc1ccc2c(n1)-c1nc3c([O-])c(C)cc([N+](=O)[O-])c3cc1CC2. The quantitative estimate of drug-likeness (QED) is 0.507. The fourth-order valence-electron chi connectivity index (χ4n) is 3.27. The van der Waals surface area contributed by atoms with Crippen molar-refractivity contribution in [2.45, 2.75) is 26.7 Å². The van der Waals surface area contributed by atoms with Gasteiger partial charge in [-0.15, -0.1) is 0 Å². The van der Waals surface area contributed by atoms with E-state index >= 15 is 0 Å². The number of non-ortho nitro benzene ring substituents is 1. The van der Waals surface area contributed by atoms with Crippen molar-refractivity contribution in [3.63, 3.8) is 0 Å². The number of pyridine rings is 2. The highest BCUT2D eigenvalue weighted by molar-refractivity contribution is 5.95. The van der Waals surface area contributed by atoms with Gasteiger partial charge in [-0.1, -0.05) is 17.4 Å². The van der Waals surface area contributed by atoms with Crippen LogP contribution in [0.15, 0.2) is 24.3 Å². The summed E-state index contributed by atoms with van der Waals surface area (Å²) in [4.78, 5) is 20.0. The van der Waals surface area contributed by atoms with Crippen LogP contribution < -0.4 is 5.11 Å². The largest absolute Gasteiger partial charge is 0.871 e. The zero-order valence-corrected chi connectivity index (χ0v) is 13.3. The molecule has 0 radical (unpaired) electrons. The van der Waals surface area contributed by atoms with Crippen LogP contribution in [0.2, 0.25) is 0 Å². The van der Waals surface area contributed by atoms with E-state index in [4.69, 9.17) is 0 Å². The fourth-order valence-corrected chi connectivity index (χ4v) is 3.27. The third-order valence-corrected chi connectivity index (χ3v) is 4.51. The van der Waals surface area contributed by atoms with E-state index in [2.05, 4.69) is 9.97 Å². The first-order chi connectivity index (χ1) is 11.5. The van der Waals surface area contributed by atoms with E-state index in [9.17, 15) is 15.2 Å². The monoisotopic (exact) mass is 320 g/mol. The number of aromatic nitrogens is 2. The number of nitrogens with zero attached hydrogens (tertiary/aromatic N) is 3. The van der Waals surface area contributed by atoms with Gasteiger partial charge in [-0.05, 0) is 49.9 Å². The summed E-state index contributed by atoms with van der Waals surface area (Å²) in [6.45, 7) is 3.48. The topological polar surface area (TPSA) is 92.0 Å². The predicted octanol–water partition coefficient (Wildman–Crippen LogP) is 2.99. The van der Waals surface area contributed by atoms with Gasteiger partial charge in [-0.2, -0.15) is 0 Å². The molecule has 3 aromatic rings. The van der Waals surface area contributed by atoms with Crippen molar-refractivity contribution in [2.75, 3.05) is 0 Å². The van der Waals surface area contributed by atoms with E-state index in [1.54, 1.807) is 13.0 Å². The molecule has 0 saturated carbocycles.